The molecule has 0 bridgehead atoms. The molecule has 0 aliphatic carbocycles. The predicted molar refractivity (Wildman–Crippen MR) is 92.6 cm³/mol. The van der Waals surface area contributed by atoms with Crippen LogP contribution in [0.3, 0.4) is 0 Å². The number of hydrogen-bond donors (Lipinski definition) is 1. The Kier molecular flexibility index (Phi) is 5.06. The third kappa shape index (κ3) is 4.32. The van der Waals surface area contributed by atoms with Crippen molar-refractivity contribution in [3.05, 3.63) is 77.0 Å². The van der Waals surface area contributed by atoms with Crippen LogP contribution >= 0.6 is 11.6 Å². The van der Waals surface area contributed by atoms with Crippen LogP contribution in [-0.4, -0.2) is 15.9 Å². The van der Waals surface area contributed by atoms with Crippen LogP contribution in [0.15, 0.2) is 55.0 Å². The van der Waals surface area contributed by atoms with Crippen LogP contribution in [-0.2, 0) is 0 Å². The van der Waals surface area contributed by atoms with Gasteiger partial charge in [-0.25, -0.2) is 9.37 Å². The number of ether oxygens (including phenoxy) is 1. The molecule has 26 heavy (non-hydrogen) atoms. The van der Waals surface area contributed by atoms with Crippen molar-refractivity contribution in [1.29, 1.82) is 5.26 Å². The molecule has 0 aliphatic heterocycles. The Labute approximate surface area is 152 Å². The average molecular weight is 369 g/mol. The molecule has 0 saturated heterocycles. The number of pyridine rings is 2. The molecule has 2 heterocycles. The molecule has 2 aromatic heterocycles. The number of carbonyl (C=O) groups excluding carboxylic acids is 1. The van der Waals surface area contributed by atoms with Gasteiger partial charge in [-0.1, -0.05) is 11.6 Å². The van der Waals surface area contributed by atoms with Crippen LogP contribution in [0.25, 0.3) is 0 Å². The Morgan fingerprint density at radius 1 is 1.15 bits per heavy atom. The lowest BCUT2D eigenvalue weighted by molar-refractivity contribution is 0.102. The van der Waals surface area contributed by atoms with Gasteiger partial charge in [0.1, 0.15) is 29.2 Å². The van der Waals surface area contributed by atoms with Crippen LogP contribution in [0.1, 0.15) is 15.9 Å². The highest BCUT2D eigenvalue weighted by Gasteiger charge is 2.11. The molecule has 0 spiro atoms. The quantitative estimate of drug-likeness (QED) is 0.746. The Morgan fingerprint density at radius 3 is 2.73 bits per heavy atom. The molecule has 1 N–H and O–H groups in total. The van der Waals surface area contributed by atoms with E-state index in [1.54, 1.807) is 0 Å². The molecule has 0 radical (unpaired) electrons. The van der Waals surface area contributed by atoms with Gasteiger partial charge in [-0.3, -0.25) is 9.78 Å². The maximum absolute atomic E-state index is 12.9. The van der Waals surface area contributed by atoms with E-state index >= 15 is 0 Å². The minimum atomic E-state index is -0.505. The first-order valence-corrected chi connectivity index (χ1v) is 7.68. The maximum atomic E-state index is 12.9. The van der Waals surface area contributed by atoms with E-state index in [9.17, 15) is 9.18 Å². The highest BCUT2D eigenvalue weighted by Crippen LogP contribution is 2.26. The predicted octanol–water partition coefficient (Wildman–Crippen LogP) is 4.19. The number of hydrogen-bond acceptors (Lipinski definition) is 5. The van der Waals surface area contributed by atoms with Gasteiger partial charge in [0.15, 0.2) is 0 Å². The second kappa shape index (κ2) is 7.59. The van der Waals surface area contributed by atoms with Gasteiger partial charge in [0.05, 0.1) is 18.0 Å². The summed E-state index contributed by atoms with van der Waals surface area (Å²) >= 11 is 6.05. The van der Waals surface area contributed by atoms with E-state index < -0.39 is 11.7 Å². The van der Waals surface area contributed by atoms with E-state index in [-0.39, 0.29) is 16.4 Å². The Balaban J connectivity index is 1.81. The summed E-state index contributed by atoms with van der Waals surface area (Å²) in [7, 11) is 0. The maximum Gasteiger partial charge on any atom is 0.257 e. The molecule has 3 rings (SSSR count). The van der Waals surface area contributed by atoms with Gasteiger partial charge in [0.25, 0.3) is 5.91 Å². The van der Waals surface area contributed by atoms with Crippen molar-refractivity contribution < 1.29 is 13.9 Å². The number of nitrogens with one attached hydrogen (secondary N) is 1. The van der Waals surface area contributed by atoms with Gasteiger partial charge >= 0.3 is 0 Å². The van der Waals surface area contributed by atoms with Gasteiger partial charge in [-0.2, -0.15) is 5.26 Å². The second-order valence-electron chi connectivity index (χ2n) is 5.11. The van der Waals surface area contributed by atoms with Crippen molar-refractivity contribution in [1.82, 2.24) is 9.97 Å². The van der Waals surface area contributed by atoms with Crippen molar-refractivity contribution in [2.24, 2.45) is 0 Å². The molecular weight excluding hydrogens is 359 g/mol. The third-order valence-corrected chi connectivity index (χ3v) is 3.40. The fourth-order valence-electron chi connectivity index (χ4n) is 2.06. The van der Waals surface area contributed by atoms with Gasteiger partial charge < -0.3 is 10.1 Å². The summed E-state index contributed by atoms with van der Waals surface area (Å²) in [6, 6.07) is 10.4. The van der Waals surface area contributed by atoms with E-state index in [0.717, 1.165) is 6.20 Å². The standard InChI is InChI=1S/C18H10ClFN4O2/c19-13-4-12(18(25)24-17-2-1-14(20)9-23-17)5-15(6-13)26-16-3-11(7-21)8-22-10-16/h1-6,8-10H,(H,23,24,25). The fraction of sp³-hybridized carbons (Fsp3) is 0. The number of nitriles is 1. The number of rotatable bonds is 4. The van der Waals surface area contributed by atoms with Crippen molar-refractivity contribution in [3.63, 3.8) is 0 Å². The van der Waals surface area contributed by atoms with Crippen molar-refractivity contribution in [3.8, 4) is 17.6 Å². The Hall–Kier alpha value is -3.50. The van der Waals surface area contributed by atoms with Crippen molar-refractivity contribution >= 4 is 23.3 Å². The second-order valence-corrected chi connectivity index (χ2v) is 5.55. The molecule has 0 unspecified atom stereocenters. The number of aromatic nitrogens is 2. The molecule has 0 aliphatic rings. The molecule has 1 amide bonds. The summed E-state index contributed by atoms with van der Waals surface area (Å²) in [5.41, 5.74) is 0.563. The van der Waals surface area contributed by atoms with E-state index in [0.29, 0.717) is 17.1 Å². The molecular formula is C18H10ClFN4O2. The lowest BCUT2D eigenvalue weighted by Crippen LogP contribution is -2.13. The first-order chi connectivity index (χ1) is 12.5. The van der Waals surface area contributed by atoms with E-state index in [2.05, 4.69) is 15.3 Å². The van der Waals surface area contributed by atoms with Gasteiger partial charge in [-0.05, 0) is 30.3 Å². The SMILES string of the molecule is N#Cc1cncc(Oc2cc(Cl)cc(C(=O)Nc3ccc(F)cn3)c2)c1. The molecule has 0 atom stereocenters. The van der Waals surface area contributed by atoms with Crippen molar-refractivity contribution in [2.45, 2.75) is 0 Å². The minimum Gasteiger partial charge on any atom is -0.456 e. The van der Waals surface area contributed by atoms with Gasteiger partial charge in [-0.15, -0.1) is 0 Å². The Morgan fingerprint density at radius 2 is 2.00 bits per heavy atom. The average Bonchev–Trinajstić information content (AvgIpc) is 2.63. The normalized spacial score (nSPS) is 10.0. The fourth-order valence-corrected chi connectivity index (χ4v) is 2.29. The number of halogens is 2. The zero-order chi connectivity index (χ0) is 18.5. The summed E-state index contributed by atoms with van der Waals surface area (Å²) in [4.78, 5) is 20.0. The monoisotopic (exact) mass is 368 g/mol. The van der Waals surface area contributed by atoms with Crippen LogP contribution in [0.4, 0.5) is 10.2 Å². The lowest BCUT2D eigenvalue weighted by Gasteiger charge is -2.09. The first kappa shape index (κ1) is 17.3. The summed E-state index contributed by atoms with van der Waals surface area (Å²) in [6.07, 6.45) is 3.83. The number of carbonyl (C=O) groups is 1. The number of amides is 1. The van der Waals surface area contributed by atoms with E-state index in [1.165, 1.54) is 48.8 Å². The number of nitrogens with zero attached hydrogens (tertiary/aromatic N) is 3. The summed E-state index contributed by atoms with van der Waals surface area (Å²) in [5, 5.41) is 11.7. The molecule has 8 heteroatoms. The summed E-state index contributed by atoms with van der Waals surface area (Å²) in [6.45, 7) is 0. The molecule has 6 nitrogen and oxygen atoms in total. The minimum absolute atomic E-state index is 0.199. The summed E-state index contributed by atoms with van der Waals surface area (Å²) < 4.78 is 18.5. The smallest absolute Gasteiger partial charge is 0.257 e. The number of anilines is 1. The molecule has 128 valence electrons. The van der Waals surface area contributed by atoms with E-state index in [4.69, 9.17) is 21.6 Å². The van der Waals surface area contributed by atoms with Gasteiger partial charge in [0.2, 0.25) is 0 Å². The molecule has 1 aromatic carbocycles. The lowest BCUT2D eigenvalue weighted by atomic mass is 10.2. The topological polar surface area (TPSA) is 87.9 Å². The van der Waals surface area contributed by atoms with Gasteiger partial charge in [0, 0.05) is 22.8 Å². The zero-order valence-electron chi connectivity index (χ0n) is 13.1. The molecule has 0 saturated carbocycles. The largest absolute Gasteiger partial charge is 0.456 e. The van der Waals surface area contributed by atoms with Crippen LogP contribution in [0.2, 0.25) is 5.02 Å². The van der Waals surface area contributed by atoms with Crippen LogP contribution in [0.5, 0.6) is 11.5 Å². The Bertz CT molecular complexity index is 1000. The molecule has 0 fully saturated rings. The first-order valence-electron chi connectivity index (χ1n) is 7.30. The number of benzene rings is 1. The third-order valence-electron chi connectivity index (χ3n) is 3.18. The van der Waals surface area contributed by atoms with Crippen LogP contribution in [0, 0.1) is 17.1 Å². The highest BCUT2D eigenvalue weighted by atomic mass is 35.5. The van der Waals surface area contributed by atoms with Crippen molar-refractivity contribution in [2.75, 3.05) is 5.32 Å². The van der Waals surface area contributed by atoms with Crippen LogP contribution < -0.4 is 10.1 Å². The highest BCUT2D eigenvalue weighted by molar-refractivity contribution is 6.31. The summed E-state index contributed by atoms with van der Waals surface area (Å²) in [5.74, 6) is -0.163. The van der Waals surface area contributed by atoms with E-state index in [1.807, 2.05) is 6.07 Å². The molecule has 3 aromatic rings. The zero-order valence-corrected chi connectivity index (χ0v) is 13.9.